The van der Waals surface area contributed by atoms with Gasteiger partial charge >= 0.3 is 0 Å². The fourth-order valence-corrected chi connectivity index (χ4v) is 2.84. The molecule has 0 bridgehead atoms. The Morgan fingerprint density at radius 2 is 2.20 bits per heavy atom. The van der Waals surface area contributed by atoms with Crippen molar-refractivity contribution in [3.63, 3.8) is 0 Å². The molecule has 106 valence electrons. The SMILES string of the molecule is CCN(Cc1cscn1)CC1COc2ccccc2O1. The van der Waals surface area contributed by atoms with Gasteiger partial charge in [0.1, 0.15) is 12.7 Å². The third-order valence-corrected chi connectivity index (χ3v) is 3.98. The Morgan fingerprint density at radius 3 is 2.95 bits per heavy atom. The molecule has 1 aliphatic heterocycles. The first kappa shape index (κ1) is 13.4. The summed E-state index contributed by atoms with van der Waals surface area (Å²) in [5.41, 5.74) is 2.99. The highest BCUT2D eigenvalue weighted by molar-refractivity contribution is 7.07. The lowest BCUT2D eigenvalue weighted by Crippen LogP contribution is -2.40. The van der Waals surface area contributed by atoms with Crippen molar-refractivity contribution in [1.82, 2.24) is 9.88 Å². The molecule has 1 atom stereocenters. The average molecular weight is 290 g/mol. The van der Waals surface area contributed by atoms with Crippen molar-refractivity contribution < 1.29 is 9.47 Å². The minimum Gasteiger partial charge on any atom is -0.486 e. The molecule has 0 aliphatic carbocycles. The van der Waals surface area contributed by atoms with E-state index in [4.69, 9.17) is 9.47 Å². The standard InChI is InChI=1S/C15H18N2O2S/c1-2-17(7-12-10-20-11-16-12)8-13-9-18-14-5-3-4-6-15(14)19-13/h3-6,10-11,13H,2,7-9H2,1H3. The molecule has 2 heterocycles. The van der Waals surface area contributed by atoms with Crippen LogP contribution in [0.2, 0.25) is 0 Å². The van der Waals surface area contributed by atoms with E-state index < -0.39 is 0 Å². The molecule has 0 radical (unpaired) electrons. The monoisotopic (exact) mass is 290 g/mol. The number of thiazole rings is 1. The first-order valence-electron chi connectivity index (χ1n) is 6.83. The Hall–Kier alpha value is -1.59. The summed E-state index contributed by atoms with van der Waals surface area (Å²) in [5, 5.41) is 2.09. The first-order valence-corrected chi connectivity index (χ1v) is 7.77. The molecule has 1 aromatic carbocycles. The van der Waals surface area contributed by atoms with Crippen molar-refractivity contribution in [1.29, 1.82) is 0 Å². The van der Waals surface area contributed by atoms with E-state index in [1.54, 1.807) is 11.3 Å². The Balaban J connectivity index is 1.60. The van der Waals surface area contributed by atoms with E-state index in [0.29, 0.717) is 6.61 Å². The third kappa shape index (κ3) is 3.11. The zero-order chi connectivity index (χ0) is 13.8. The van der Waals surface area contributed by atoms with Gasteiger partial charge in [0.15, 0.2) is 11.5 Å². The molecular formula is C15H18N2O2S. The second-order valence-electron chi connectivity index (χ2n) is 4.81. The maximum Gasteiger partial charge on any atom is 0.161 e. The number of fused-ring (bicyclic) bond motifs is 1. The van der Waals surface area contributed by atoms with Crippen LogP contribution in [0.3, 0.4) is 0 Å². The molecule has 1 aliphatic rings. The summed E-state index contributed by atoms with van der Waals surface area (Å²) >= 11 is 1.64. The molecule has 0 amide bonds. The predicted molar refractivity (Wildman–Crippen MR) is 79.4 cm³/mol. The van der Waals surface area contributed by atoms with Gasteiger partial charge in [0.05, 0.1) is 11.2 Å². The quantitative estimate of drug-likeness (QED) is 0.848. The largest absolute Gasteiger partial charge is 0.486 e. The Labute approximate surface area is 123 Å². The lowest BCUT2D eigenvalue weighted by molar-refractivity contribution is 0.0577. The van der Waals surface area contributed by atoms with E-state index in [0.717, 1.165) is 36.8 Å². The number of ether oxygens (including phenoxy) is 2. The number of hydrogen-bond acceptors (Lipinski definition) is 5. The summed E-state index contributed by atoms with van der Waals surface area (Å²) in [6, 6.07) is 7.83. The first-order chi connectivity index (χ1) is 9.85. The van der Waals surface area contributed by atoms with Gasteiger partial charge in [-0.3, -0.25) is 4.90 Å². The van der Waals surface area contributed by atoms with Crippen molar-refractivity contribution in [3.8, 4) is 11.5 Å². The summed E-state index contributed by atoms with van der Waals surface area (Å²) in [6.07, 6.45) is 0.0727. The third-order valence-electron chi connectivity index (χ3n) is 3.35. The van der Waals surface area contributed by atoms with E-state index in [9.17, 15) is 0 Å². The van der Waals surface area contributed by atoms with Crippen LogP contribution in [-0.4, -0.2) is 35.7 Å². The van der Waals surface area contributed by atoms with Crippen LogP contribution in [0.5, 0.6) is 11.5 Å². The molecule has 0 N–H and O–H groups in total. The predicted octanol–water partition coefficient (Wildman–Crippen LogP) is 2.81. The van der Waals surface area contributed by atoms with Crippen molar-refractivity contribution >= 4 is 11.3 Å². The van der Waals surface area contributed by atoms with Crippen molar-refractivity contribution in [3.05, 3.63) is 40.8 Å². The van der Waals surface area contributed by atoms with Crippen molar-refractivity contribution in [2.24, 2.45) is 0 Å². The molecular weight excluding hydrogens is 272 g/mol. The molecule has 0 saturated heterocycles. The van der Waals surface area contributed by atoms with Crippen LogP contribution in [-0.2, 0) is 6.54 Å². The number of hydrogen-bond donors (Lipinski definition) is 0. The smallest absolute Gasteiger partial charge is 0.161 e. The lowest BCUT2D eigenvalue weighted by Gasteiger charge is -2.30. The van der Waals surface area contributed by atoms with Gasteiger partial charge < -0.3 is 9.47 Å². The van der Waals surface area contributed by atoms with E-state index >= 15 is 0 Å². The molecule has 0 spiro atoms. The number of aromatic nitrogens is 1. The Kier molecular flexibility index (Phi) is 4.18. The van der Waals surface area contributed by atoms with Gasteiger partial charge in [0.25, 0.3) is 0 Å². The zero-order valence-electron chi connectivity index (χ0n) is 11.5. The molecule has 1 aromatic heterocycles. The maximum absolute atomic E-state index is 6.00. The fourth-order valence-electron chi connectivity index (χ4n) is 2.29. The second-order valence-corrected chi connectivity index (χ2v) is 5.52. The highest BCUT2D eigenvalue weighted by Crippen LogP contribution is 2.31. The lowest BCUT2D eigenvalue weighted by atomic mass is 10.2. The molecule has 0 fully saturated rings. The molecule has 0 saturated carbocycles. The topological polar surface area (TPSA) is 34.6 Å². The molecule has 3 rings (SSSR count). The zero-order valence-corrected chi connectivity index (χ0v) is 12.3. The maximum atomic E-state index is 6.00. The van der Waals surface area contributed by atoms with Gasteiger partial charge in [-0.25, -0.2) is 4.98 Å². The minimum absolute atomic E-state index is 0.0727. The van der Waals surface area contributed by atoms with E-state index in [1.165, 1.54) is 0 Å². The Morgan fingerprint density at radius 1 is 1.35 bits per heavy atom. The van der Waals surface area contributed by atoms with Gasteiger partial charge in [-0.2, -0.15) is 0 Å². The summed E-state index contributed by atoms with van der Waals surface area (Å²) in [5.74, 6) is 1.68. The second kappa shape index (κ2) is 6.24. The van der Waals surface area contributed by atoms with E-state index in [1.807, 2.05) is 29.8 Å². The van der Waals surface area contributed by atoms with Crippen LogP contribution >= 0.6 is 11.3 Å². The average Bonchev–Trinajstić information content (AvgIpc) is 2.99. The van der Waals surface area contributed by atoms with Crippen LogP contribution < -0.4 is 9.47 Å². The minimum atomic E-state index is 0.0727. The van der Waals surface area contributed by atoms with Crippen LogP contribution in [0, 0.1) is 0 Å². The van der Waals surface area contributed by atoms with Gasteiger partial charge in [-0.1, -0.05) is 19.1 Å². The van der Waals surface area contributed by atoms with Crippen LogP contribution in [0.4, 0.5) is 0 Å². The van der Waals surface area contributed by atoms with Gasteiger partial charge in [0.2, 0.25) is 0 Å². The molecule has 4 nitrogen and oxygen atoms in total. The van der Waals surface area contributed by atoms with Crippen molar-refractivity contribution in [2.45, 2.75) is 19.6 Å². The van der Waals surface area contributed by atoms with Crippen LogP contribution in [0.25, 0.3) is 0 Å². The number of likely N-dealkylation sites (N-methyl/N-ethyl adjacent to an activating group) is 1. The molecule has 5 heteroatoms. The summed E-state index contributed by atoms with van der Waals surface area (Å²) in [6.45, 7) is 5.44. The van der Waals surface area contributed by atoms with Crippen molar-refractivity contribution in [2.75, 3.05) is 19.7 Å². The van der Waals surface area contributed by atoms with Gasteiger partial charge in [-0.15, -0.1) is 11.3 Å². The normalized spacial score (nSPS) is 17.4. The molecule has 1 unspecified atom stereocenters. The number of para-hydroxylation sites is 2. The highest BCUT2D eigenvalue weighted by Gasteiger charge is 2.22. The van der Waals surface area contributed by atoms with Crippen LogP contribution in [0.1, 0.15) is 12.6 Å². The number of rotatable bonds is 5. The Bertz CT molecular complexity index is 545. The summed E-state index contributed by atoms with van der Waals surface area (Å²) < 4.78 is 11.8. The summed E-state index contributed by atoms with van der Waals surface area (Å²) in [7, 11) is 0. The molecule has 20 heavy (non-hydrogen) atoms. The van der Waals surface area contributed by atoms with Gasteiger partial charge in [0, 0.05) is 18.5 Å². The highest BCUT2D eigenvalue weighted by atomic mass is 32.1. The molecule has 2 aromatic rings. The number of nitrogens with zero attached hydrogens (tertiary/aromatic N) is 2. The summed E-state index contributed by atoms with van der Waals surface area (Å²) in [4.78, 5) is 6.67. The van der Waals surface area contributed by atoms with Crippen LogP contribution in [0.15, 0.2) is 35.2 Å². The fraction of sp³-hybridized carbons (Fsp3) is 0.400. The van der Waals surface area contributed by atoms with E-state index in [2.05, 4.69) is 22.2 Å². The van der Waals surface area contributed by atoms with E-state index in [-0.39, 0.29) is 6.10 Å². The van der Waals surface area contributed by atoms with Gasteiger partial charge in [-0.05, 0) is 18.7 Å². The number of benzene rings is 1.